The Labute approximate surface area is 124 Å². The van der Waals surface area contributed by atoms with E-state index in [1.807, 2.05) is 0 Å². The van der Waals surface area contributed by atoms with Crippen molar-refractivity contribution in [1.82, 2.24) is 9.97 Å². The average molecular weight is 287 g/mol. The minimum atomic E-state index is -0.650. The highest BCUT2D eigenvalue weighted by molar-refractivity contribution is 5.73. The van der Waals surface area contributed by atoms with E-state index in [0.717, 1.165) is 43.6 Å². The Bertz CT molecular complexity index is 575. The molecule has 0 radical (unpaired) electrons. The van der Waals surface area contributed by atoms with Crippen molar-refractivity contribution in [3.8, 4) is 0 Å². The predicted octanol–water partition coefficient (Wildman–Crippen LogP) is 2.27. The van der Waals surface area contributed by atoms with Crippen LogP contribution < -0.4 is 5.32 Å². The summed E-state index contributed by atoms with van der Waals surface area (Å²) in [6.45, 7) is 0. The van der Waals surface area contributed by atoms with Crippen LogP contribution in [-0.2, 0) is 17.6 Å². The third kappa shape index (κ3) is 2.10. The Morgan fingerprint density at radius 2 is 2.00 bits per heavy atom. The minimum Gasteiger partial charge on any atom is -0.481 e. The molecule has 21 heavy (non-hydrogen) atoms. The zero-order chi connectivity index (χ0) is 14.4. The van der Waals surface area contributed by atoms with Gasteiger partial charge in [-0.25, -0.2) is 9.97 Å². The number of hydrogen-bond acceptors (Lipinski definition) is 4. The molecule has 0 aliphatic heterocycles. The van der Waals surface area contributed by atoms with Crippen LogP contribution in [0.2, 0.25) is 0 Å². The first-order valence-electron chi connectivity index (χ1n) is 8.06. The molecule has 2 fully saturated rings. The summed E-state index contributed by atoms with van der Waals surface area (Å²) in [5.41, 5.74) is 2.37. The lowest BCUT2D eigenvalue weighted by Crippen LogP contribution is -2.39. The summed E-state index contributed by atoms with van der Waals surface area (Å²) in [4.78, 5) is 20.4. The third-order valence-corrected chi connectivity index (χ3v) is 5.63. The normalized spacial score (nSPS) is 33.7. The SMILES string of the molecule is O=C(O)C1C2CCC(C2)C1Nc1ncnc2c1CCCC2. The summed E-state index contributed by atoms with van der Waals surface area (Å²) in [5.74, 6) is 0.831. The van der Waals surface area contributed by atoms with E-state index in [-0.39, 0.29) is 12.0 Å². The van der Waals surface area contributed by atoms with E-state index >= 15 is 0 Å². The number of carbonyl (C=O) groups is 1. The molecule has 3 aliphatic rings. The van der Waals surface area contributed by atoms with Gasteiger partial charge in [0.05, 0.1) is 5.92 Å². The second kappa shape index (κ2) is 4.97. The molecular weight excluding hydrogens is 266 g/mol. The summed E-state index contributed by atoms with van der Waals surface area (Å²) in [6.07, 6.45) is 9.30. The Kier molecular flexibility index (Phi) is 3.08. The third-order valence-electron chi connectivity index (χ3n) is 5.63. The molecule has 5 heteroatoms. The second-order valence-corrected chi connectivity index (χ2v) is 6.72. The van der Waals surface area contributed by atoms with Gasteiger partial charge < -0.3 is 10.4 Å². The highest BCUT2D eigenvalue weighted by Gasteiger charge is 2.51. The monoisotopic (exact) mass is 287 g/mol. The van der Waals surface area contributed by atoms with Crippen LogP contribution in [0.1, 0.15) is 43.4 Å². The molecular formula is C16H21N3O2. The summed E-state index contributed by atoms with van der Waals surface area (Å²) in [6, 6.07) is 0.0437. The molecule has 4 atom stereocenters. The van der Waals surface area contributed by atoms with E-state index in [2.05, 4.69) is 15.3 Å². The molecule has 1 aromatic heterocycles. The topological polar surface area (TPSA) is 75.1 Å². The van der Waals surface area contributed by atoms with Crippen molar-refractivity contribution in [2.75, 3.05) is 5.32 Å². The molecule has 0 spiro atoms. The molecule has 5 nitrogen and oxygen atoms in total. The number of nitrogens with one attached hydrogen (secondary N) is 1. The number of aliphatic carboxylic acids is 1. The zero-order valence-corrected chi connectivity index (χ0v) is 12.1. The van der Waals surface area contributed by atoms with E-state index in [4.69, 9.17) is 0 Å². The number of carboxylic acid groups (broad SMARTS) is 1. The predicted molar refractivity (Wildman–Crippen MR) is 78.0 cm³/mol. The Morgan fingerprint density at radius 1 is 1.19 bits per heavy atom. The molecule has 4 rings (SSSR count). The van der Waals surface area contributed by atoms with E-state index in [1.54, 1.807) is 6.33 Å². The van der Waals surface area contributed by atoms with E-state index in [9.17, 15) is 9.90 Å². The summed E-state index contributed by atoms with van der Waals surface area (Å²) in [7, 11) is 0. The highest BCUT2D eigenvalue weighted by atomic mass is 16.4. The van der Waals surface area contributed by atoms with Gasteiger partial charge in [-0.1, -0.05) is 0 Å². The van der Waals surface area contributed by atoms with Crippen LogP contribution in [-0.4, -0.2) is 27.1 Å². The zero-order valence-electron chi connectivity index (χ0n) is 12.1. The Hall–Kier alpha value is -1.65. The van der Waals surface area contributed by atoms with Gasteiger partial charge in [0.25, 0.3) is 0 Å². The largest absolute Gasteiger partial charge is 0.481 e. The number of hydrogen-bond donors (Lipinski definition) is 2. The molecule has 1 heterocycles. The van der Waals surface area contributed by atoms with E-state index in [1.165, 1.54) is 18.4 Å². The highest BCUT2D eigenvalue weighted by Crippen LogP contribution is 2.49. The van der Waals surface area contributed by atoms with Crippen molar-refractivity contribution in [2.24, 2.45) is 17.8 Å². The van der Waals surface area contributed by atoms with Gasteiger partial charge in [-0.05, 0) is 56.8 Å². The minimum absolute atomic E-state index is 0.0437. The van der Waals surface area contributed by atoms with E-state index < -0.39 is 5.97 Å². The van der Waals surface area contributed by atoms with Crippen LogP contribution >= 0.6 is 0 Å². The lowest BCUT2D eigenvalue weighted by Gasteiger charge is -2.30. The summed E-state index contributed by atoms with van der Waals surface area (Å²) < 4.78 is 0. The molecule has 4 unspecified atom stereocenters. The Morgan fingerprint density at radius 3 is 2.86 bits per heavy atom. The molecule has 0 amide bonds. The summed E-state index contributed by atoms with van der Waals surface area (Å²) >= 11 is 0. The number of carboxylic acids is 1. The number of rotatable bonds is 3. The van der Waals surface area contributed by atoms with Gasteiger partial charge in [0.1, 0.15) is 12.1 Å². The molecule has 1 aromatic rings. The molecule has 2 N–H and O–H groups in total. The van der Waals surface area contributed by atoms with Gasteiger partial charge in [0, 0.05) is 17.3 Å². The van der Waals surface area contributed by atoms with Crippen LogP contribution in [0.15, 0.2) is 6.33 Å². The fourth-order valence-electron chi connectivity index (χ4n) is 4.66. The molecule has 0 saturated heterocycles. The van der Waals surface area contributed by atoms with Crippen LogP contribution in [0.25, 0.3) is 0 Å². The molecule has 112 valence electrons. The van der Waals surface area contributed by atoms with Gasteiger partial charge in [0.15, 0.2) is 0 Å². The van der Waals surface area contributed by atoms with Gasteiger partial charge in [-0.15, -0.1) is 0 Å². The molecule has 3 aliphatic carbocycles. The van der Waals surface area contributed by atoms with Gasteiger partial charge >= 0.3 is 5.97 Å². The van der Waals surface area contributed by atoms with Crippen molar-refractivity contribution in [3.05, 3.63) is 17.6 Å². The fraction of sp³-hybridized carbons (Fsp3) is 0.688. The van der Waals surface area contributed by atoms with Gasteiger partial charge in [0.2, 0.25) is 0 Å². The number of fused-ring (bicyclic) bond motifs is 3. The maximum absolute atomic E-state index is 11.6. The van der Waals surface area contributed by atoms with E-state index in [0.29, 0.717) is 11.8 Å². The first-order chi connectivity index (χ1) is 10.2. The quantitative estimate of drug-likeness (QED) is 0.892. The maximum Gasteiger partial charge on any atom is 0.308 e. The number of aryl methyl sites for hydroxylation is 1. The van der Waals surface area contributed by atoms with Gasteiger partial charge in [-0.2, -0.15) is 0 Å². The lowest BCUT2D eigenvalue weighted by atomic mass is 9.84. The van der Waals surface area contributed by atoms with Crippen LogP contribution in [0, 0.1) is 17.8 Å². The first kappa shape index (κ1) is 13.0. The van der Waals surface area contributed by atoms with Crippen LogP contribution in [0.4, 0.5) is 5.82 Å². The van der Waals surface area contributed by atoms with Gasteiger partial charge in [-0.3, -0.25) is 4.79 Å². The smallest absolute Gasteiger partial charge is 0.308 e. The number of nitrogens with zero attached hydrogens (tertiary/aromatic N) is 2. The first-order valence-corrected chi connectivity index (χ1v) is 8.06. The second-order valence-electron chi connectivity index (χ2n) is 6.72. The average Bonchev–Trinajstić information content (AvgIpc) is 3.08. The van der Waals surface area contributed by atoms with Crippen LogP contribution in [0.3, 0.4) is 0 Å². The Balaban J connectivity index is 1.62. The standard InChI is InChI=1S/C16H21N3O2/c20-16(21)13-9-5-6-10(7-9)14(13)19-15-11-3-1-2-4-12(11)17-8-18-15/h8-10,13-14H,1-7H2,(H,20,21)(H,17,18,19). The number of anilines is 1. The molecule has 0 aromatic carbocycles. The molecule has 2 saturated carbocycles. The number of aromatic nitrogens is 2. The fourth-order valence-corrected chi connectivity index (χ4v) is 4.66. The summed E-state index contributed by atoms with van der Waals surface area (Å²) in [5, 5.41) is 13.0. The lowest BCUT2D eigenvalue weighted by molar-refractivity contribution is -0.143. The maximum atomic E-state index is 11.6. The van der Waals surface area contributed by atoms with Crippen molar-refractivity contribution >= 4 is 11.8 Å². The van der Waals surface area contributed by atoms with Crippen LogP contribution in [0.5, 0.6) is 0 Å². The van der Waals surface area contributed by atoms with Crippen molar-refractivity contribution in [1.29, 1.82) is 0 Å². The molecule has 2 bridgehead atoms. The van der Waals surface area contributed by atoms with Crippen molar-refractivity contribution in [3.63, 3.8) is 0 Å². The van der Waals surface area contributed by atoms with Crippen molar-refractivity contribution < 1.29 is 9.90 Å². The van der Waals surface area contributed by atoms with Crippen molar-refractivity contribution in [2.45, 2.75) is 51.0 Å².